The molecule has 0 aliphatic heterocycles. The summed E-state index contributed by atoms with van der Waals surface area (Å²) < 4.78 is 39.3. The van der Waals surface area contributed by atoms with E-state index < -0.39 is 17.6 Å². The van der Waals surface area contributed by atoms with Crippen LogP contribution in [-0.4, -0.2) is 30.1 Å². The molecule has 0 aliphatic carbocycles. The Morgan fingerprint density at radius 2 is 1.69 bits per heavy atom. The van der Waals surface area contributed by atoms with Gasteiger partial charge in [-0.1, -0.05) is 29.8 Å². The molecule has 0 fully saturated rings. The second kappa shape index (κ2) is 11.2. The number of methoxy groups -OCH3 is 2. The van der Waals surface area contributed by atoms with Gasteiger partial charge in [0.1, 0.15) is 23.1 Å². The van der Waals surface area contributed by atoms with Crippen LogP contribution in [0.2, 0.25) is 10.0 Å². The van der Waals surface area contributed by atoms with Gasteiger partial charge in [0.05, 0.1) is 41.2 Å². The summed E-state index contributed by atoms with van der Waals surface area (Å²) in [6, 6.07) is 3.89. The van der Waals surface area contributed by atoms with E-state index in [0.717, 1.165) is 18.2 Å². The fourth-order valence-corrected chi connectivity index (χ4v) is 3.78. The Morgan fingerprint density at radius 1 is 1.09 bits per heavy atom. The number of anilines is 3. The molecule has 0 spiro atoms. The third-order valence-electron chi connectivity index (χ3n) is 4.76. The Labute approximate surface area is 210 Å². The summed E-state index contributed by atoms with van der Waals surface area (Å²) >= 11 is 12.5. The Balaban J connectivity index is 1.91. The van der Waals surface area contributed by atoms with Crippen LogP contribution in [0.25, 0.3) is 11.9 Å². The van der Waals surface area contributed by atoms with E-state index in [1.165, 1.54) is 38.7 Å². The van der Waals surface area contributed by atoms with Crippen molar-refractivity contribution in [2.75, 3.05) is 24.9 Å². The lowest BCUT2D eigenvalue weighted by molar-refractivity contribution is -0.111. The van der Waals surface area contributed by atoms with E-state index in [2.05, 4.69) is 27.2 Å². The maximum Gasteiger partial charge on any atom is 0.247 e. The number of nitrogens with zero attached hydrogens (tertiary/aromatic N) is 2. The van der Waals surface area contributed by atoms with Gasteiger partial charge in [-0.3, -0.25) is 4.79 Å². The molecule has 2 N–H and O–H groups in total. The monoisotopic (exact) mass is 520 g/mol. The molecular weight excluding hydrogens is 501 g/mol. The zero-order valence-electron chi connectivity index (χ0n) is 18.9. The van der Waals surface area contributed by atoms with Crippen LogP contribution >= 0.6 is 23.2 Å². The molecule has 35 heavy (non-hydrogen) atoms. The van der Waals surface area contributed by atoms with Gasteiger partial charge in [0.25, 0.3) is 0 Å². The van der Waals surface area contributed by atoms with Crippen LogP contribution in [0.1, 0.15) is 16.7 Å². The number of halogens is 4. The molecule has 0 unspecified atom stereocenters. The highest BCUT2D eigenvalue weighted by atomic mass is 35.5. The lowest BCUT2D eigenvalue weighted by atomic mass is 10.1. The van der Waals surface area contributed by atoms with E-state index in [-0.39, 0.29) is 38.7 Å². The Kier molecular flexibility index (Phi) is 8.26. The molecule has 0 saturated heterocycles. The number of nitrogens with one attached hydrogen (secondary N) is 2. The Bertz CT molecular complexity index is 1290. The minimum absolute atomic E-state index is 0.0212. The average Bonchev–Trinajstić information content (AvgIpc) is 2.82. The molecule has 0 radical (unpaired) electrons. The van der Waals surface area contributed by atoms with Gasteiger partial charge in [-0.15, -0.1) is 0 Å². The number of rotatable bonds is 8. The van der Waals surface area contributed by atoms with Gasteiger partial charge in [-0.2, -0.15) is 0 Å². The summed E-state index contributed by atoms with van der Waals surface area (Å²) in [5, 5.41) is 5.42. The minimum Gasteiger partial charge on any atom is -0.495 e. The van der Waals surface area contributed by atoms with Crippen molar-refractivity contribution >= 4 is 58.3 Å². The molecule has 0 aliphatic rings. The summed E-state index contributed by atoms with van der Waals surface area (Å²) in [5.74, 6) is -1.29. The van der Waals surface area contributed by atoms with Crippen LogP contribution in [0.3, 0.4) is 0 Å². The van der Waals surface area contributed by atoms with Crippen molar-refractivity contribution in [2.24, 2.45) is 0 Å². The molecule has 2 aromatic carbocycles. The summed E-state index contributed by atoms with van der Waals surface area (Å²) in [6.45, 7) is 5.03. The molecule has 0 saturated carbocycles. The summed E-state index contributed by atoms with van der Waals surface area (Å²) in [5.41, 5.74) is 1.27. The van der Waals surface area contributed by atoms with Crippen LogP contribution < -0.4 is 20.1 Å². The van der Waals surface area contributed by atoms with Gasteiger partial charge >= 0.3 is 0 Å². The van der Waals surface area contributed by atoms with E-state index in [1.807, 2.05) is 0 Å². The summed E-state index contributed by atoms with van der Waals surface area (Å²) in [7, 11) is 2.77. The molecule has 1 aromatic heterocycles. The average molecular weight is 521 g/mol. The van der Waals surface area contributed by atoms with Crippen molar-refractivity contribution in [2.45, 2.75) is 6.92 Å². The van der Waals surface area contributed by atoms with E-state index in [0.29, 0.717) is 16.8 Å². The van der Waals surface area contributed by atoms with Gasteiger partial charge in [-0.25, -0.2) is 18.7 Å². The van der Waals surface area contributed by atoms with Crippen molar-refractivity contribution in [3.8, 4) is 11.5 Å². The van der Waals surface area contributed by atoms with Gasteiger partial charge < -0.3 is 20.1 Å². The van der Waals surface area contributed by atoms with Crippen LogP contribution in [0.5, 0.6) is 11.5 Å². The highest BCUT2D eigenvalue weighted by Gasteiger charge is 2.20. The Morgan fingerprint density at radius 3 is 2.23 bits per heavy atom. The van der Waals surface area contributed by atoms with Crippen LogP contribution in [0.4, 0.5) is 26.1 Å². The number of aryl methyl sites for hydroxylation is 1. The zero-order valence-corrected chi connectivity index (χ0v) is 20.4. The van der Waals surface area contributed by atoms with Crippen LogP contribution in [-0.2, 0) is 4.79 Å². The number of hydrogen-bond donors (Lipinski definition) is 2. The first-order valence-corrected chi connectivity index (χ1v) is 10.7. The van der Waals surface area contributed by atoms with Crippen molar-refractivity contribution in [1.82, 2.24) is 9.97 Å². The van der Waals surface area contributed by atoms with Gasteiger partial charge in [-0.05, 0) is 36.8 Å². The largest absolute Gasteiger partial charge is 0.495 e. The highest BCUT2D eigenvalue weighted by Crippen LogP contribution is 2.44. The van der Waals surface area contributed by atoms with Crippen molar-refractivity contribution in [3.63, 3.8) is 0 Å². The van der Waals surface area contributed by atoms with Gasteiger partial charge in [0.15, 0.2) is 0 Å². The van der Waals surface area contributed by atoms with Gasteiger partial charge in [0, 0.05) is 24.0 Å². The normalized spacial score (nSPS) is 11.1. The smallest absolute Gasteiger partial charge is 0.247 e. The van der Waals surface area contributed by atoms with Gasteiger partial charge in [0.2, 0.25) is 11.9 Å². The molecule has 7 nitrogen and oxygen atoms in total. The standard InChI is InChI=1S/C24H20Cl2F2N4O3/c1-5-19(33)31-16-8-14(27)6-12(2)23(16)32-24-29-10-13(11-30-24)7-15(28)20-21(25)17(34-3)9-18(35-4)22(20)26/h5-11H,1H2,2-4H3,(H,31,33)(H,29,30,32)/b15-7-. The number of ether oxygens (including phenoxy) is 2. The maximum absolute atomic E-state index is 15.1. The van der Waals surface area contributed by atoms with E-state index in [9.17, 15) is 9.18 Å². The molecule has 1 amide bonds. The number of amides is 1. The Hall–Kier alpha value is -3.69. The number of aromatic nitrogens is 2. The second-order valence-electron chi connectivity index (χ2n) is 7.08. The van der Waals surface area contributed by atoms with E-state index >= 15 is 4.39 Å². The third-order valence-corrected chi connectivity index (χ3v) is 5.51. The lowest BCUT2D eigenvalue weighted by Gasteiger charge is -2.14. The predicted octanol–water partition coefficient (Wildman–Crippen LogP) is 6.58. The first-order chi connectivity index (χ1) is 16.7. The second-order valence-corrected chi connectivity index (χ2v) is 7.84. The molecule has 1 heterocycles. The summed E-state index contributed by atoms with van der Waals surface area (Å²) in [4.78, 5) is 20.0. The highest BCUT2D eigenvalue weighted by molar-refractivity contribution is 6.39. The number of hydrogen-bond acceptors (Lipinski definition) is 6. The summed E-state index contributed by atoms with van der Waals surface area (Å²) in [6.07, 6.45) is 4.92. The lowest BCUT2D eigenvalue weighted by Crippen LogP contribution is -2.11. The molecule has 182 valence electrons. The molecular formula is C24H20Cl2F2N4O3. The van der Waals surface area contributed by atoms with E-state index in [1.54, 1.807) is 6.92 Å². The predicted molar refractivity (Wildman–Crippen MR) is 134 cm³/mol. The first-order valence-electron chi connectivity index (χ1n) is 9.98. The minimum atomic E-state index is -0.759. The topological polar surface area (TPSA) is 85.4 Å². The SMILES string of the molecule is C=CC(=O)Nc1cc(F)cc(C)c1Nc1ncc(/C=C(\F)c2c(Cl)c(OC)cc(OC)c2Cl)cn1. The molecule has 3 aromatic rings. The fraction of sp³-hybridized carbons (Fsp3) is 0.125. The molecule has 0 atom stereocenters. The van der Waals surface area contributed by atoms with Crippen molar-refractivity contribution < 1.29 is 23.0 Å². The molecule has 11 heteroatoms. The quantitative estimate of drug-likeness (QED) is 0.326. The number of carbonyl (C=O) groups excluding carboxylic acids is 1. The first kappa shape index (κ1) is 25.9. The fourth-order valence-electron chi connectivity index (χ4n) is 3.09. The van der Waals surface area contributed by atoms with E-state index in [4.69, 9.17) is 32.7 Å². The van der Waals surface area contributed by atoms with Crippen molar-refractivity contribution in [3.05, 3.63) is 75.8 Å². The number of benzene rings is 2. The third kappa shape index (κ3) is 5.87. The van der Waals surface area contributed by atoms with Crippen LogP contribution in [0, 0.1) is 12.7 Å². The van der Waals surface area contributed by atoms with Crippen LogP contribution in [0.15, 0.2) is 43.2 Å². The number of carbonyl (C=O) groups is 1. The molecule has 3 rings (SSSR count). The maximum atomic E-state index is 15.1. The zero-order chi connectivity index (χ0) is 25.7. The molecule has 0 bridgehead atoms. The van der Waals surface area contributed by atoms with Crippen molar-refractivity contribution in [1.29, 1.82) is 0 Å².